The zero-order valence-electron chi connectivity index (χ0n) is 10.9. The number of nitrogens with one attached hydrogen (secondary N) is 1. The molecule has 0 fully saturated rings. The normalized spacial score (nSPS) is 10.7. The number of amides is 1. The van der Waals surface area contributed by atoms with Crippen LogP contribution in [0.15, 0.2) is 47.0 Å². The summed E-state index contributed by atoms with van der Waals surface area (Å²) < 4.78 is 5.52. The molecule has 1 amide bonds. The maximum absolute atomic E-state index is 12.1. The minimum absolute atomic E-state index is 0.254. The van der Waals surface area contributed by atoms with Crippen molar-refractivity contribution < 1.29 is 9.21 Å². The summed E-state index contributed by atoms with van der Waals surface area (Å²) in [6.07, 6.45) is 1.48. The zero-order chi connectivity index (χ0) is 14.1. The van der Waals surface area contributed by atoms with E-state index in [0.717, 1.165) is 10.9 Å². The Kier molecular flexibility index (Phi) is 2.87. The molecule has 1 aromatic carbocycles. The van der Waals surface area contributed by atoms with Gasteiger partial charge in [0.2, 0.25) is 0 Å². The Balaban J connectivity index is 1.86. The van der Waals surface area contributed by atoms with Gasteiger partial charge in [-0.1, -0.05) is 11.6 Å². The SMILES string of the molecule is Cc1ccc2oc(C(=O)Nc3ccc(N)cn3)cc2c1. The Hall–Kier alpha value is -2.82. The first-order valence-corrected chi connectivity index (χ1v) is 6.15. The van der Waals surface area contributed by atoms with Crippen molar-refractivity contribution in [2.75, 3.05) is 11.1 Å². The van der Waals surface area contributed by atoms with Crippen LogP contribution in [-0.2, 0) is 0 Å². The summed E-state index contributed by atoms with van der Waals surface area (Å²) in [6, 6.07) is 10.8. The lowest BCUT2D eigenvalue weighted by atomic mass is 10.2. The molecule has 100 valence electrons. The molecule has 0 saturated heterocycles. The summed E-state index contributed by atoms with van der Waals surface area (Å²) in [6.45, 7) is 1.99. The average molecular weight is 267 g/mol. The van der Waals surface area contributed by atoms with Gasteiger partial charge >= 0.3 is 0 Å². The number of furan rings is 1. The second-order valence-corrected chi connectivity index (χ2v) is 4.58. The fourth-order valence-corrected chi connectivity index (χ4v) is 1.93. The first kappa shape index (κ1) is 12.2. The molecule has 0 aliphatic carbocycles. The number of carbonyl (C=O) groups excluding carboxylic acids is 1. The molecule has 3 N–H and O–H groups in total. The van der Waals surface area contributed by atoms with Crippen molar-refractivity contribution in [3.05, 3.63) is 53.9 Å². The molecule has 3 rings (SSSR count). The molecule has 0 unspecified atom stereocenters. The number of hydrogen-bond donors (Lipinski definition) is 2. The van der Waals surface area contributed by atoms with Gasteiger partial charge in [0.25, 0.3) is 5.91 Å². The molecule has 0 bridgehead atoms. The van der Waals surface area contributed by atoms with E-state index in [1.165, 1.54) is 6.20 Å². The van der Waals surface area contributed by atoms with Crippen LogP contribution in [0.3, 0.4) is 0 Å². The van der Waals surface area contributed by atoms with Gasteiger partial charge in [-0.3, -0.25) is 4.79 Å². The monoisotopic (exact) mass is 267 g/mol. The summed E-state index contributed by atoms with van der Waals surface area (Å²) in [5, 5.41) is 3.56. The highest BCUT2D eigenvalue weighted by Gasteiger charge is 2.13. The van der Waals surface area contributed by atoms with Crippen LogP contribution in [0.4, 0.5) is 11.5 Å². The van der Waals surface area contributed by atoms with Crippen LogP contribution < -0.4 is 11.1 Å². The number of aromatic nitrogens is 1. The molecule has 2 heterocycles. The van der Waals surface area contributed by atoms with E-state index >= 15 is 0 Å². The van der Waals surface area contributed by atoms with Crippen LogP contribution in [0.5, 0.6) is 0 Å². The molecule has 5 heteroatoms. The molecule has 20 heavy (non-hydrogen) atoms. The number of nitrogens with two attached hydrogens (primary N) is 1. The highest BCUT2D eigenvalue weighted by atomic mass is 16.3. The van der Waals surface area contributed by atoms with Crippen molar-refractivity contribution in [2.45, 2.75) is 6.92 Å². The van der Waals surface area contributed by atoms with Crippen molar-refractivity contribution in [1.82, 2.24) is 4.98 Å². The minimum atomic E-state index is -0.337. The van der Waals surface area contributed by atoms with Gasteiger partial charge in [-0.05, 0) is 37.3 Å². The van der Waals surface area contributed by atoms with Crippen molar-refractivity contribution in [2.24, 2.45) is 0 Å². The third-order valence-electron chi connectivity index (χ3n) is 2.92. The topological polar surface area (TPSA) is 81.2 Å². The average Bonchev–Trinajstić information content (AvgIpc) is 2.84. The van der Waals surface area contributed by atoms with Crippen molar-refractivity contribution in [3.63, 3.8) is 0 Å². The first-order chi connectivity index (χ1) is 9.61. The number of pyridine rings is 1. The second kappa shape index (κ2) is 4.70. The molecule has 0 radical (unpaired) electrons. The van der Waals surface area contributed by atoms with E-state index in [0.29, 0.717) is 17.1 Å². The van der Waals surface area contributed by atoms with E-state index in [1.54, 1.807) is 18.2 Å². The van der Waals surface area contributed by atoms with Crippen LogP contribution in [-0.4, -0.2) is 10.9 Å². The molecular weight excluding hydrogens is 254 g/mol. The maximum Gasteiger partial charge on any atom is 0.292 e. The summed E-state index contributed by atoms with van der Waals surface area (Å²) in [4.78, 5) is 16.1. The van der Waals surface area contributed by atoms with E-state index < -0.39 is 0 Å². The van der Waals surface area contributed by atoms with Gasteiger partial charge in [0.15, 0.2) is 5.76 Å². The number of hydrogen-bond acceptors (Lipinski definition) is 4. The largest absolute Gasteiger partial charge is 0.451 e. The quantitative estimate of drug-likeness (QED) is 0.748. The molecule has 0 aliphatic rings. The molecule has 0 atom stereocenters. The van der Waals surface area contributed by atoms with Crippen molar-refractivity contribution in [1.29, 1.82) is 0 Å². The summed E-state index contributed by atoms with van der Waals surface area (Å²) >= 11 is 0. The number of nitrogen functional groups attached to an aromatic ring is 1. The molecule has 0 aliphatic heterocycles. The Morgan fingerprint density at radius 3 is 2.85 bits per heavy atom. The summed E-state index contributed by atoms with van der Waals surface area (Å²) in [5.41, 5.74) is 7.89. The number of anilines is 2. The Morgan fingerprint density at radius 2 is 2.10 bits per heavy atom. The highest BCUT2D eigenvalue weighted by Crippen LogP contribution is 2.21. The standard InChI is InChI=1S/C15H13N3O2/c1-9-2-4-12-10(6-9)7-13(20-12)15(19)18-14-5-3-11(16)8-17-14/h2-8H,16H2,1H3,(H,17,18,19). The van der Waals surface area contributed by atoms with Crippen LogP contribution >= 0.6 is 0 Å². The third kappa shape index (κ3) is 2.33. The predicted octanol–water partition coefficient (Wildman–Crippen LogP) is 2.97. The number of benzene rings is 1. The van der Waals surface area contributed by atoms with E-state index in [-0.39, 0.29) is 11.7 Å². The summed E-state index contributed by atoms with van der Waals surface area (Å²) in [5.74, 6) is 0.348. The number of fused-ring (bicyclic) bond motifs is 1. The number of rotatable bonds is 2. The number of carbonyl (C=O) groups is 1. The van der Waals surface area contributed by atoms with E-state index in [4.69, 9.17) is 10.2 Å². The van der Waals surface area contributed by atoms with Crippen LogP contribution in [0.25, 0.3) is 11.0 Å². The van der Waals surface area contributed by atoms with Gasteiger partial charge in [0.1, 0.15) is 11.4 Å². The van der Waals surface area contributed by atoms with Gasteiger partial charge < -0.3 is 15.5 Å². The smallest absolute Gasteiger partial charge is 0.292 e. The minimum Gasteiger partial charge on any atom is -0.451 e. The summed E-state index contributed by atoms with van der Waals surface area (Å²) in [7, 11) is 0. The van der Waals surface area contributed by atoms with Gasteiger partial charge in [-0.15, -0.1) is 0 Å². The molecule has 5 nitrogen and oxygen atoms in total. The molecule has 2 aromatic heterocycles. The first-order valence-electron chi connectivity index (χ1n) is 6.15. The Morgan fingerprint density at radius 1 is 1.25 bits per heavy atom. The lowest BCUT2D eigenvalue weighted by molar-refractivity contribution is 0.0998. The number of nitrogens with zero attached hydrogens (tertiary/aromatic N) is 1. The van der Waals surface area contributed by atoms with E-state index in [9.17, 15) is 4.79 Å². The fourth-order valence-electron chi connectivity index (χ4n) is 1.93. The van der Waals surface area contributed by atoms with Gasteiger partial charge in [0, 0.05) is 5.39 Å². The third-order valence-corrected chi connectivity index (χ3v) is 2.92. The van der Waals surface area contributed by atoms with E-state index in [2.05, 4.69) is 10.3 Å². The Labute approximate surface area is 115 Å². The van der Waals surface area contributed by atoms with Gasteiger partial charge in [0.05, 0.1) is 11.9 Å². The van der Waals surface area contributed by atoms with Crippen LogP contribution in [0.2, 0.25) is 0 Å². The van der Waals surface area contributed by atoms with Crippen LogP contribution in [0.1, 0.15) is 16.1 Å². The lowest BCUT2D eigenvalue weighted by Crippen LogP contribution is -2.11. The highest BCUT2D eigenvalue weighted by molar-refractivity contribution is 6.04. The molecule has 0 spiro atoms. The zero-order valence-corrected chi connectivity index (χ0v) is 10.9. The number of aryl methyl sites for hydroxylation is 1. The van der Waals surface area contributed by atoms with Crippen molar-refractivity contribution in [3.8, 4) is 0 Å². The van der Waals surface area contributed by atoms with Gasteiger partial charge in [-0.25, -0.2) is 4.98 Å². The Bertz CT molecular complexity index is 775. The molecule has 3 aromatic rings. The van der Waals surface area contributed by atoms with Crippen molar-refractivity contribution >= 4 is 28.4 Å². The molecular formula is C15H13N3O2. The second-order valence-electron chi connectivity index (χ2n) is 4.58. The van der Waals surface area contributed by atoms with Gasteiger partial charge in [-0.2, -0.15) is 0 Å². The fraction of sp³-hybridized carbons (Fsp3) is 0.0667. The predicted molar refractivity (Wildman–Crippen MR) is 77.6 cm³/mol. The van der Waals surface area contributed by atoms with E-state index in [1.807, 2.05) is 25.1 Å². The molecule has 0 saturated carbocycles. The lowest BCUT2D eigenvalue weighted by Gasteiger charge is -2.01. The maximum atomic E-state index is 12.1. The van der Waals surface area contributed by atoms with Crippen LogP contribution in [0, 0.1) is 6.92 Å².